The first-order valence-corrected chi connectivity index (χ1v) is 10.0. The van der Waals surface area contributed by atoms with Gasteiger partial charge in [-0.15, -0.1) is 11.3 Å². The number of hydrogen-bond donors (Lipinski definition) is 0. The van der Waals surface area contributed by atoms with Crippen LogP contribution in [0.15, 0.2) is 52.9 Å². The highest BCUT2D eigenvalue weighted by Gasteiger charge is 2.24. The summed E-state index contributed by atoms with van der Waals surface area (Å²) in [6, 6.07) is 15.7. The fourth-order valence-corrected chi connectivity index (χ4v) is 4.76. The lowest BCUT2D eigenvalue weighted by atomic mass is 10.2. The second-order valence-corrected chi connectivity index (χ2v) is 8.07. The number of para-hydroxylation sites is 2. The molecule has 0 bridgehead atoms. The molecule has 132 valence electrons. The Morgan fingerprint density at radius 2 is 1.96 bits per heavy atom. The molecule has 0 aliphatic carbocycles. The Kier molecular flexibility index (Phi) is 4.90. The average Bonchev–Trinajstić information content (AvgIpc) is 3.28. The normalized spacial score (nSPS) is 13.0. The van der Waals surface area contributed by atoms with Crippen LogP contribution in [0.4, 0.5) is 5.69 Å². The molecule has 3 aromatic rings. The van der Waals surface area contributed by atoms with Crippen LogP contribution < -0.4 is 4.90 Å². The molecular weight excluding hydrogens is 368 g/mol. The number of thiazole rings is 1. The van der Waals surface area contributed by atoms with E-state index in [1.807, 2.05) is 48.5 Å². The van der Waals surface area contributed by atoms with E-state index in [0.717, 1.165) is 32.2 Å². The van der Waals surface area contributed by atoms with Gasteiger partial charge in [0.05, 0.1) is 16.0 Å². The van der Waals surface area contributed by atoms with Gasteiger partial charge in [-0.1, -0.05) is 42.1 Å². The zero-order valence-corrected chi connectivity index (χ0v) is 15.5. The molecule has 0 fully saturated rings. The summed E-state index contributed by atoms with van der Waals surface area (Å²) in [7, 11) is 0. The zero-order chi connectivity index (χ0) is 17.9. The Morgan fingerprint density at radius 3 is 2.85 bits per heavy atom. The van der Waals surface area contributed by atoms with Crippen LogP contribution in [0.25, 0.3) is 10.2 Å². The number of esters is 1. The van der Waals surface area contributed by atoms with Crippen molar-refractivity contribution >= 4 is 50.9 Å². The predicted molar refractivity (Wildman–Crippen MR) is 104 cm³/mol. The molecule has 1 amide bonds. The first kappa shape index (κ1) is 17.1. The van der Waals surface area contributed by atoms with Gasteiger partial charge in [0.1, 0.15) is 0 Å². The highest BCUT2D eigenvalue weighted by Crippen LogP contribution is 2.29. The van der Waals surface area contributed by atoms with Gasteiger partial charge in [0.2, 0.25) is 0 Å². The fraction of sp³-hybridized carbons (Fsp3) is 0.211. The van der Waals surface area contributed by atoms with E-state index in [1.54, 1.807) is 16.2 Å². The van der Waals surface area contributed by atoms with Crippen molar-refractivity contribution in [1.29, 1.82) is 0 Å². The van der Waals surface area contributed by atoms with E-state index in [0.29, 0.717) is 6.54 Å². The molecular formula is C19H16N2O3S2. The van der Waals surface area contributed by atoms with Crippen molar-refractivity contribution in [3.8, 4) is 0 Å². The molecule has 5 nitrogen and oxygen atoms in total. The predicted octanol–water partition coefficient (Wildman–Crippen LogP) is 3.52. The lowest BCUT2D eigenvalue weighted by Crippen LogP contribution is -2.33. The number of carbonyl (C=O) groups excluding carboxylic acids is 2. The first-order valence-electron chi connectivity index (χ1n) is 8.23. The van der Waals surface area contributed by atoms with E-state index in [2.05, 4.69) is 4.98 Å². The third kappa shape index (κ3) is 3.59. The summed E-state index contributed by atoms with van der Waals surface area (Å²) in [5.41, 5.74) is 2.99. The van der Waals surface area contributed by atoms with Crippen LogP contribution >= 0.6 is 23.1 Å². The molecule has 7 heteroatoms. The second kappa shape index (κ2) is 7.47. The summed E-state index contributed by atoms with van der Waals surface area (Å²) in [5.74, 6) is -0.452. The molecule has 26 heavy (non-hydrogen) atoms. The van der Waals surface area contributed by atoms with Crippen LogP contribution in [0.5, 0.6) is 0 Å². The number of thioether (sulfide) groups is 1. The Balaban J connectivity index is 1.28. The highest BCUT2D eigenvalue weighted by atomic mass is 32.2. The average molecular weight is 384 g/mol. The fourth-order valence-electron chi connectivity index (χ4n) is 2.89. The van der Waals surface area contributed by atoms with Crippen LogP contribution in [0.3, 0.4) is 0 Å². The van der Waals surface area contributed by atoms with E-state index >= 15 is 0 Å². The quantitative estimate of drug-likeness (QED) is 0.498. The lowest BCUT2D eigenvalue weighted by Gasteiger charge is -2.17. The van der Waals surface area contributed by atoms with Crippen LogP contribution in [0.1, 0.15) is 5.56 Å². The summed E-state index contributed by atoms with van der Waals surface area (Å²) in [4.78, 5) is 30.4. The maximum Gasteiger partial charge on any atom is 0.316 e. The number of aromatic nitrogens is 1. The Hall–Kier alpha value is -2.38. The Bertz CT molecular complexity index is 937. The molecule has 0 unspecified atom stereocenters. The van der Waals surface area contributed by atoms with Gasteiger partial charge in [0, 0.05) is 12.2 Å². The number of anilines is 1. The van der Waals surface area contributed by atoms with Crippen molar-refractivity contribution < 1.29 is 14.3 Å². The number of hydrogen-bond acceptors (Lipinski definition) is 6. The molecule has 0 spiro atoms. The van der Waals surface area contributed by atoms with Gasteiger partial charge in [0.25, 0.3) is 5.91 Å². The van der Waals surface area contributed by atoms with Gasteiger partial charge in [-0.2, -0.15) is 0 Å². The van der Waals surface area contributed by atoms with Crippen molar-refractivity contribution in [3.63, 3.8) is 0 Å². The molecule has 2 aromatic carbocycles. The zero-order valence-electron chi connectivity index (χ0n) is 13.9. The van der Waals surface area contributed by atoms with Gasteiger partial charge in [-0.25, -0.2) is 4.98 Å². The minimum Gasteiger partial charge on any atom is -0.455 e. The number of ether oxygens (including phenoxy) is 1. The highest BCUT2D eigenvalue weighted by molar-refractivity contribution is 8.01. The number of rotatable bonds is 5. The molecule has 1 aliphatic rings. The summed E-state index contributed by atoms with van der Waals surface area (Å²) in [6.45, 7) is 0.407. The van der Waals surface area contributed by atoms with E-state index < -0.39 is 5.97 Å². The number of benzene rings is 2. The maximum absolute atomic E-state index is 12.3. The van der Waals surface area contributed by atoms with Crippen LogP contribution in [-0.2, 0) is 20.7 Å². The number of amides is 1. The van der Waals surface area contributed by atoms with E-state index in [9.17, 15) is 9.59 Å². The minimum atomic E-state index is -0.407. The molecule has 1 aromatic heterocycles. The molecule has 0 atom stereocenters. The Labute approximate surface area is 159 Å². The SMILES string of the molecule is O=C(CSc1nc2ccccc2s1)OCC(=O)N1CCc2ccccc21. The molecule has 0 radical (unpaired) electrons. The second-order valence-electron chi connectivity index (χ2n) is 5.82. The third-order valence-corrected chi connectivity index (χ3v) is 6.29. The minimum absolute atomic E-state index is 0.143. The third-order valence-electron chi connectivity index (χ3n) is 4.13. The molecule has 0 N–H and O–H groups in total. The largest absolute Gasteiger partial charge is 0.455 e. The lowest BCUT2D eigenvalue weighted by molar-refractivity contribution is -0.145. The van der Waals surface area contributed by atoms with Crippen molar-refractivity contribution in [2.75, 3.05) is 23.8 Å². The van der Waals surface area contributed by atoms with Crippen LogP contribution in [0, 0.1) is 0 Å². The molecule has 1 aliphatic heterocycles. The van der Waals surface area contributed by atoms with Gasteiger partial charge in [0.15, 0.2) is 10.9 Å². The van der Waals surface area contributed by atoms with Crippen molar-refractivity contribution in [2.45, 2.75) is 10.8 Å². The molecule has 2 heterocycles. The standard InChI is InChI=1S/C19H16N2O3S2/c22-17(21-10-9-13-5-1-3-7-15(13)21)11-24-18(23)12-25-19-20-14-6-2-4-8-16(14)26-19/h1-8H,9-12H2. The van der Waals surface area contributed by atoms with Crippen molar-refractivity contribution in [2.24, 2.45) is 0 Å². The molecule has 0 saturated carbocycles. The Morgan fingerprint density at radius 1 is 1.15 bits per heavy atom. The van der Waals surface area contributed by atoms with Crippen molar-refractivity contribution in [3.05, 3.63) is 54.1 Å². The summed E-state index contributed by atoms with van der Waals surface area (Å²) < 4.78 is 7.06. The van der Waals surface area contributed by atoms with Gasteiger partial charge < -0.3 is 9.64 Å². The van der Waals surface area contributed by atoms with Gasteiger partial charge in [-0.3, -0.25) is 9.59 Å². The maximum atomic E-state index is 12.3. The first-order chi connectivity index (χ1) is 12.7. The number of carbonyl (C=O) groups is 2. The van der Waals surface area contributed by atoms with Gasteiger partial charge >= 0.3 is 5.97 Å². The summed E-state index contributed by atoms with van der Waals surface area (Å²) in [6.07, 6.45) is 0.837. The number of nitrogens with zero attached hydrogens (tertiary/aromatic N) is 2. The van der Waals surface area contributed by atoms with E-state index in [-0.39, 0.29) is 18.3 Å². The van der Waals surface area contributed by atoms with Crippen LogP contribution in [-0.4, -0.2) is 35.8 Å². The summed E-state index contributed by atoms with van der Waals surface area (Å²) >= 11 is 2.88. The monoisotopic (exact) mass is 384 g/mol. The van der Waals surface area contributed by atoms with E-state index in [1.165, 1.54) is 11.8 Å². The topological polar surface area (TPSA) is 59.5 Å². The van der Waals surface area contributed by atoms with E-state index in [4.69, 9.17) is 4.74 Å². The summed E-state index contributed by atoms with van der Waals surface area (Å²) in [5, 5.41) is 0. The smallest absolute Gasteiger partial charge is 0.316 e. The number of fused-ring (bicyclic) bond motifs is 2. The van der Waals surface area contributed by atoms with Crippen LogP contribution in [0.2, 0.25) is 0 Å². The molecule has 4 rings (SSSR count). The van der Waals surface area contributed by atoms with Gasteiger partial charge in [-0.05, 0) is 30.2 Å². The molecule has 0 saturated heterocycles. The van der Waals surface area contributed by atoms with Crippen molar-refractivity contribution in [1.82, 2.24) is 4.98 Å².